The standard InChI is InChI=1S/C16H18ClNO2.C4H4O4/c1-18-8-6-13-14(7-9-18)16(5-4-15(13)17)20-11-12-3-2-10-19-12;5-3(6)1-2-4(7)8/h2-5,10H,6-9,11H2,1H3;1-2H,(H,5,6)(H,7,8)/b;2-1-. The molecule has 0 saturated carbocycles. The Morgan fingerprint density at radius 1 is 1.14 bits per heavy atom. The first-order chi connectivity index (χ1) is 13.4. The Morgan fingerprint density at radius 3 is 2.36 bits per heavy atom. The largest absolute Gasteiger partial charge is 0.485 e. The third-order valence-corrected chi connectivity index (χ3v) is 4.49. The first-order valence-corrected chi connectivity index (χ1v) is 9.02. The number of carboxylic acid groups (broad SMARTS) is 2. The van der Waals surface area contributed by atoms with Crippen LogP contribution >= 0.6 is 11.6 Å². The minimum atomic E-state index is -1.26. The van der Waals surface area contributed by atoms with E-state index in [0.29, 0.717) is 18.8 Å². The lowest BCUT2D eigenvalue weighted by atomic mass is 10.0. The van der Waals surface area contributed by atoms with Crippen LogP contribution in [0, 0.1) is 0 Å². The summed E-state index contributed by atoms with van der Waals surface area (Å²) < 4.78 is 11.2. The molecule has 0 fully saturated rings. The van der Waals surface area contributed by atoms with E-state index < -0.39 is 11.9 Å². The minimum absolute atomic E-state index is 0.455. The molecule has 1 aliphatic rings. The molecule has 0 saturated heterocycles. The molecular formula is C20H22ClNO6. The third kappa shape index (κ3) is 6.75. The number of halogens is 1. The number of fused-ring (bicyclic) bond motifs is 1. The highest BCUT2D eigenvalue weighted by molar-refractivity contribution is 6.31. The van der Waals surface area contributed by atoms with Gasteiger partial charge in [-0.05, 0) is 49.7 Å². The van der Waals surface area contributed by atoms with Gasteiger partial charge >= 0.3 is 11.9 Å². The van der Waals surface area contributed by atoms with Gasteiger partial charge < -0.3 is 24.3 Å². The Kier molecular flexibility index (Phi) is 8.10. The summed E-state index contributed by atoms with van der Waals surface area (Å²) in [6.45, 7) is 2.52. The number of rotatable bonds is 5. The van der Waals surface area contributed by atoms with Crippen LogP contribution in [0.4, 0.5) is 0 Å². The number of hydrogen-bond donors (Lipinski definition) is 2. The van der Waals surface area contributed by atoms with Gasteiger partial charge in [0.2, 0.25) is 0 Å². The van der Waals surface area contributed by atoms with Gasteiger partial charge in [-0.2, -0.15) is 0 Å². The number of hydrogen-bond acceptors (Lipinski definition) is 5. The highest BCUT2D eigenvalue weighted by Crippen LogP contribution is 2.32. The molecule has 3 rings (SSSR count). The topological polar surface area (TPSA) is 100 Å². The Bertz CT molecular complexity index is 815. The van der Waals surface area contributed by atoms with Crippen LogP contribution in [-0.4, -0.2) is 47.2 Å². The van der Waals surface area contributed by atoms with Crippen LogP contribution in [-0.2, 0) is 29.0 Å². The van der Waals surface area contributed by atoms with Gasteiger partial charge in [-0.1, -0.05) is 11.6 Å². The van der Waals surface area contributed by atoms with Gasteiger partial charge in [0.15, 0.2) is 0 Å². The van der Waals surface area contributed by atoms with Gasteiger partial charge in [0.1, 0.15) is 18.1 Å². The van der Waals surface area contributed by atoms with Gasteiger partial charge in [0, 0.05) is 35.8 Å². The number of carbonyl (C=O) groups is 2. The first-order valence-electron chi connectivity index (χ1n) is 8.64. The van der Waals surface area contributed by atoms with Crippen molar-refractivity contribution in [1.29, 1.82) is 0 Å². The lowest BCUT2D eigenvalue weighted by Gasteiger charge is -2.14. The molecule has 0 aliphatic carbocycles. The van der Waals surface area contributed by atoms with Crippen molar-refractivity contribution in [2.75, 3.05) is 20.1 Å². The number of benzene rings is 1. The molecular weight excluding hydrogens is 386 g/mol. The molecule has 0 spiro atoms. The number of ether oxygens (including phenoxy) is 1. The molecule has 1 aliphatic heterocycles. The van der Waals surface area contributed by atoms with Crippen LogP contribution in [0.2, 0.25) is 5.02 Å². The molecule has 1 aromatic heterocycles. The van der Waals surface area contributed by atoms with Crippen molar-refractivity contribution in [1.82, 2.24) is 4.90 Å². The van der Waals surface area contributed by atoms with Gasteiger partial charge in [0.05, 0.1) is 6.26 Å². The average Bonchev–Trinajstić information content (AvgIpc) is 3.09. The van der Waals surface area contributed by atoms with E-state index in [1.165, 1.54) is 11.1 Å². The summed E-state index contributed by atoms with van der Waals surface area (Å²) >= 11 is 6.34. The van der Waals surface area contributed by atoms with Crippen molar-refractivity contribution in [3.05, 3.63) is 64.6 Å². The summed E-state index contributed by atoms with van der Waals surface area (Å²) in [6.07, 6.45) is 4.73. The SMILES string of the molecule is CN1CCc2c(Cl)ccc(OCc3ccco3)c2CC1.O=C(O)/C=C\C(=O)O. The lowest BCUT2D eigenvalue weighted by molar-refractivity contribution is -0.134. The van der Waals surface area contributed by atoms with Crippen LogP contribution in [0.5, 0.6) is 5.75 Å². The van der Waals surface area contributed by atoms with Crippen molar-refractivity contribution in [2.45, 2.75) is 19.4 Å². The molecule has 0 bridgehead atoms. The highest BCUT2D eigenvalue weighted by Gasteiger charge is 2.18. The smallest absolute Gasteiger partial charge is 0.328 e. The predicted octanol–water partition coefficient (Wildman–Crippen LogP) is 3.25. The summed E-state index contributed by atoms with van der Waals surface area (Å²) in [5.74, 6) is -0.754. The Balaban J connectivity index is 0.000000300. The predicted molar refractivity (Wildman–Crippen MR) is 104 cm³/mol. The van der Waals surface area contributed by atoms with Crippen LogP contribution in [0.25, 0.3) is 0 Å². The van der Waals surface area contributed by atoms with Crippen LogP contribution in [0.1, 0.15) is 16.9 Å². The molecule has 2 aromatic rings. The van der Waals surface area contributed by atoms with Crippen molar-refractivity contribution in [2.24, 2.45) is 0 Å². The maximum atomic E-state index is 9.55. The number of likely N-dealkylation sites (N-methyl/N-ethyl adjacent to an activating group) is 1. The van der Waals surface area contributed by atoms with Gasteiger partial charge in [-0.3, -0.25) is 0 Å². The van der Waals surface area contributed by atoms with Crippen molar-refractivity contribution in [3.8, 4) is 5.75 Å². The van der Waals surface area contributed by atoms with E-state index in [2.05, 4.69) is 11.9 Å². The van der Waals surface area contributed by atoms with E-state index in [0.717, 1.165) is 42.5 Å². The Labute approximate surface area is 167 Å². The van der Waals surface area contributed by atoms with Crippen molar-refractivity contribution in [3.63, 3.8) is 0 Å². The quantitative estimate of drug-likeness (QED) is 0.733. The molecule has 28 heavy (non-hydrogen) atoms. The van der Waals surface area contributed by atoms with Crippen LogP contribution in [0.3, 0.4) is 0 Å². The second-order valence-electron chi connectivity index (χ2n) is 6.18. The second kappa shape index (κ2) is 10.5. The fraction of sp³-hybridized carbons (Fsp3) is 0.300. The number of furan rings is 1. The van der Waals surface area contributed by atoms with Gasteiger partial charge in [-0.15, -0.1) is 0 Å². The summed E-state index contributed by atoms with van der Waals surface area (Å²) in [4.78, 5) is 21.4. The molecule has 0 atom stereocenters. The summed E-state index contributed by atoms with van der Waals surface area (Å²) in [5.41, 5.74) is 2.47. The van der Waals surface area contributed by atoms with Crippen molar-refractivity contribution >= 4 is 23.5 Å². The summed E-state index contributed by atoms with van der Waals surface area (Å²) in [7, 11) is 2.14. The number of carboxylic acids is 2. The molecule has 8 heteroatoms. The van der Waals surface area contributed by atoms with E-state index in [1.807, 2.05) is 24.3 Å². The molecule has 0 unspecified atom stereocenters. The Morgan fingerprint density at radius 2 is 1.79 bits per heavy atom. The molecule has 2 N–H and O–H groups in total. The Hall–Kier alpha value is -2.77. The van der Waals surface area contributed by atoms with Crippen LogP contribution < -0.4 is 4.74 Å². The number of nitrogens with zero attached hydrogens (tertiary/aromatic N) is 1. The van der Waals surface area contributed by atoms with E-state index >= 15 is 0 Å². The van der Waals surface area contributed by atoms with Gasteiger partial charge in [-0.25, -0.2) is 9.59 Å². The average molecular weight is 408 g/mol. The zero-order chi connectivity index (χ0) is 20.5. The third-order valence-electron chi connectivity index (χ3n) is 4.14. The summed E-state index contributed by atoms with van der Waals surface area (Å²) in [6, 6.07) is 7.69. The van der Waals surface area contributed by atoms with E-state index in [4.69, 9.17) is 31.0 Å². The second-order valence-corrected chi connectivity index (χ2v) is 6.59. The van der Waals surface area contributed by atoms with Crippen molar-refractivity contribution < 1.29 is 29.0 Å². The number of aliphatic carboxylic acids is 2. The van der Waals surface area contributed by atoms with Crippen LogP contribution in [0.15, 0.2) is 47.1 Å². The van der Waals surface area contributed by atoms with E-state index in [-0.39, 0.29) is 0 Å². The molecule has 0 radical (unpaired) electrons. The lowest BCUT2D eigenvalue weighted by Crippen LogP contribution is -2.20. The zero-order valence-corrected chi connectivity index (χ0v) is 16.2. The summed E-state index contributed by atoms with van der Waals surface area (Å²) in [5, 5.41) is 16.5. The molecule has 2 heterocycles. The highest BCUT2D eigenvalue weighted by atomic mass is 35.5. The molecule has 1 aromatic carbocycles. The molecule has 7 nitrogen and oxygen atoms in total. The fourth-order valence-corrected chi connectivity index (χ4v) is 3.00. The zero-order valence-electron chi connectivity index (χ0n) is 15.4. The maximum Gasteiger partial charge on any atom is 0.328 e. The van der Waals surface area contributed by atoms with E-state index in [1.54, 1.807) is 6.26 Å². The van der Waals surface area contributed by atoms with E-state index in [9.17, 15) is 9.59 Å². The fourth-order valence-electron chi connectivity index (χ4n) is 2.73. The maximum absolute atomic E-state index is 9.55. The molecule has 0 amide bonds. The normalized spacial score (nSPS) is 13.9. The minimum Gasteiger partial charge on any atom is -0.485 e. The molecule has 150 valence electrons. The first kappa shape index (κ1) is 21.5. The van der Waals surface area contributed by atoms with Gasteiger partial charge in [0.25, 0.3) is 0 Å². The monoisotopic (exact) mass is 407 g/mol.